The van der Waals surface area contributed by atoms with Crippen molar-refractivity contribution in [2.75, 3.05) is 12.4 Å². The number of amides is 1. The number of pyridine rings is 1. The first-order valence-electron chi connectivity index (χ1n) is 3.29. The van der Waals surface area contributed by atoms with E-state index in [4.69, 9.17) is 5.73 Å². The Balaban J connectivity index is 3.20. The number of nitrogens with two attached hydrogens (primary N) is 1. The Kier molecular flexibility index (Phi) is 2.65. The van der Waals surface area contributed by atoms with Crippen molar-refractivity contribution in [1.82, 2.24) is 4.98 Å². The third-order valence-electron chi connectivity index (χ3n) is 1.36. The maximum atomic E-state index is 10.8. The van der Waals surface area contributed by atoms with Gasteiger partial charge in [0.25, 0.3) is 5.91 Å². The molecule has 0 saturated carbocycles. The monoisotopic (exact) mass is 229 g/mol. The number of aromatic nitrogens is 1. The van der Waals surface area contributed by atoms with Gasteiger partial charge in [-0.15, -0.1) is 0 Å². The Morgan fingerprint density at radius 1 is 1.67 bits per heavy atom. The van der Waals surface area contributed by atoms with Crippen molar-refractivity contribution < 1.29 is 4.79 Å². The van der Waals surface area contributed by atoms with Gasteiger partial charge in [0, 0.05) is 7.05 Å². The highest BCUT2D eigenvalue weighted by atomic mass is 79.9. The minimum absolute atomic E-state index is 0.390. The van der Waals surface area contributed by atoms with E-state index in [2.05, 4.69) is 26.2 Å². The summed E-state index contributed by atoms with van der Waals surface area (Å²) in [4.78, 5) is 14.8. The van der Waals surface area contributed by atoms with E-state index in [0.717, 1.165) is 0 Å². The third-order valence-corrected chi connectivity index (χ3v) is 1.81. The van der Waals surface area contributed by atoms with E-state index >= 15 is 0 Å². The molecule has 5 heteroatoms. The van der Waals surface area contributed by atoms with Gasteiger partial charge in [0.05, 0.1) is 5.56 Å². The number of carbonyl (C=O) groups excluding carboxylic acids is 1. The molecule has 4 nitrogen and oxygen atoms in total. The van der Waals surface area contributed by atoms with Gasteiger partial charge in [-0.2, -0.15) is 0 Å². The molecule has 0 saturated heterocycles. The maximum Gasteiger partial charge on any atom is 0.252 e. The van der Waals surface area contributed by atoms with Crippen LogP contribution in [-0.2, 0) is 0 Å². The Hall–Kier alpha value is -1.10. The highest BCUT2D eigenvalue weighted by Crippen LogP contribution is 2.15. The molecule has 0 aliphatic heterocycles. The fourth-order valence-corrected chi connectivity index (χ4v) is 1.13. The minimum Gasteiger partial charge on any atom is -0.372 e. The van der Waals surface area contributed by atoms with Crippen molar-refractivity contribution in [3.05, 3.63) is 22.3 Å². The van der Waals surface area contributed by atoms with Gasteiger partial charge in [0.2, 0.25) is 0 Å². The van der Waals surface area contributed by atoms with Crippen LogP contribution in [0.2, 0.25) is 0 Å². The van der Waals surface area contributed by atoms with Gasteiger partial charge in [-0.05, 0) is 28.1 Å². The zero-order chi connectivity index (χ0) is 9.14. The number of hydrogen-bond donors (Lipinski definition) is 2. The Bertz CT molecular complexity index is 314. The molecule has 1 amide bonds. The number of nitrogens with one attached hydrogen (secondary N) is 1. The molecule has 1 heterocycles. The molecule has 0 unspecified atom stereocenters. The standard InChI is InChI=1S/C7H8BrN3O/c1-10-7-4(6(9)12)2-3-5(8)11-7/h2-3H,1H3,(H2,9,12)(H,10,11). The molecule has 3 N–H and O–H groups in total. The van der Waals surface area contributed by atoms with Crippen LogP contribution in [0.5, 0.6) is 0 Å². The van der Waals surface area contributed by atoms with Crippen LogP contribution in [0, 0.1) is 0 Å². The van der Waals surface area contributed by atoms with Crippen LogP contribution >= 0.6 is 15.9 Å². The molecule has 64 valence electrons. The second-order valence-electron chi connectivity index (χ2n) is 2.14. The van der Waals surface area contributed by atoms with Crippen molar-refractivity contribution in [3.63, 3.8) is 0 Å². The van der Waals surface area contributed by atoms with E-state index in [1.165, 1.54) is 0 Å². The Morgan fingerprint density at radius 2 is 2.33 bits per heavy atom. The van der Waals surface area contributed by atoms with Gasteiger partial charge >= 0.3 is 0 Å². The summed E-state index contributed by atoms with van der Waals surface area (Å²) < 4.78 is 0.664. The van der Waals surface area contributed by atoms with Crippen LogP contribution in [-0.4, -0.2) is 17.9 Å². The molecule has 0 radical (unpaired) electrons. The zero-order valence-electron chi connectivity index (χ0n) is 6.47. The predicted molar refractivity (Wildman–Crippen MR) is 50.0 cm³/mol. The van der Waals surface area contributed by atoms with Gasteiger partial charge in [0.1, 0.15) is 10.4 Å². The SMILES string of the molecule is CNc1nc(Br)ccc1C(N)=O. The molecule has 0 aliphatic rings. The quantitative estimate of drug-likeness (QED) is 0.744. The van der Waals surface area contributed by atoms with Crippen molar-refractivity contribution in [1.29, 1.82) is 0 Å². The number of anilines is 1. The van der Waals surface area contributed by atoms with Crippen LogP contribution in [0.3, 0.4) is 0 Å². The molecule has 1 aromatic rings. The van der Waals surface area contributed by atoms with Crippen LogP contribution in [0.25, 0.3) is 0 Å². The number of carbonyl (C=O) groups is 1. The Morgan fingerprint density at radius 3 is 2.83 bits per heavy atom. The summed E-state index contributed by atoms with van der Waals surface area (Å²) in [5.41, 5.74) is 5.50. The van der Waals surface area contributed by atoms with Crippen molar-refractivity contribution in [2.24, 2.45) is 5.73 Å². The van der Waals surface area contributed by atoms with Gasteiger partial charge in [-0.1, -0.05) is 0 Å². The Labute approximate surface area is 78.3 Å². The molecule has 0 bridgehead atoms. The van der Waals surface area contributed by atoms with Crippen molar-refractivity contribution >= 4 is 27.7 Å². The summed E-state index contributed by atoms with van der Waals surface area (Å²) >= 11 is 3.18. The smallest absolute Gasteiger partial charge is 0.252 e. The van der Waals surface area contributed by atoms with Gasteiger partial charge in [-0.25, -0.2) is 4.98 Å². The van der Waals surface area contributed by atoms with E-state index in [9.17, 15) is 4.79 Å². The summed E-state index contributed by atoms with van der Waals surface area (Å²) in [5.74, 6) is -0.00350. The van der Waals surface area contributed by atoms with Crippen LogP contribution in [0.1, 0.15) is 10.4 Å². The normalized spacial score (nSPS) is 9.50. The van der Waals surface area contributed by atoms with Gasteiger partial charge in [-0.3, -0.25) is 4.79 Å². The lowest BCUT2D eigenvalue weighted by atomic mass is 10.2. The lowest BCUT2D eigenvalue weighted by molar-refractivity contribution is 0.100. The summed E-state index contributed by atoms with van der Waals surface area (Å²) in [7, 11) is 1.68. The number of halogens is 1. The summed E-state index contributed by atoms with van der Waals surface area (Å²) in [6.45, 7) is 0. The highest BCUT2D eigenvalue weighted by molar-refractivity contribution is 9.10. The first-order valence-corrected chi connectivity index (χ1v) is 4.08. The van der Waals surface area contributed by atoms with Gasteiger partial charge in [0.15, 0.2) is 0 Å². The molecular weight excluding hydrogens is 222 g/mol. The maximum absolute atomic E-state index is 10.8. The fourth-order valence-electron chi connectivity index (χ4n) is 0.825. The first kappa shape index (κ1) is 8.99. The molecule has 1 rings (SSSR count). The summed E-state index contributed by atoms with van der Waals surface area (Å²) in [5, 5.41) is 2.78. The number of nitrogens with zero attached hydrogens (tertiary/aromatic N) is 1. The molecule has 1 aromatic heterocycles. The van der Waals surface area contributed by atoms with E-state index in [0.29, 0.717) is 16.0 Å². The molecular formula is C7H8BrN3O. The average Bonchev–Trinajstić information content (AvgIpc) is 2.03. The number of rotatable bonds is 2. The lowest BCUT2D eigenvalue weighted by Crippen LogP contribution is -2.14. The topological polar surface area (TPSA) is 68.0 Å². The van der Waals surface area contributed by atoms with E-state index in [1.807, 2.05) is 0 Å². The second kappa shape index (κ2) is 3.53. The molecule has 0 aromatic carbocycles. The lowest BCUT2D eigenvalue weighted by Gasteiger charge is -2.03. The van der Waals surface area contributed by atoms with E-state index in [-0.39, 0.29) is 0 Å². The third kappa shape index (κ3) is 1.73. The van der Waals surface area contributed by atoms with Crippen LogP contribution in [0.15, 0.2) is 16.7 Å². The largest absolute Gasteiger partial charge is 0.372 e. The first-order chi connectivity index (χ1) is 5.65. The van der Waals surface area contributed by atoms with Crippen LogP contribution < -0.4 is 11.1 Å². The molecule has 0 aliphatic carbocycles. The molecule has 12 heavy (non-hydrogen) atoms. The summed E-state index contributed by atoms with van der Waals surface area (Å²) in [6, 6.07) is 3.28. The van der Waals surface area contributed by atoms with E-state index < -0.39 is 5.91 Å². The summed E-state index contributed by atoms with van der Waals surface area (Å²) in [6.07, 6.45) is 0. The van der Waals surface area contributed by atoms with E-state index in [1.54, 1.807) is 19.2 Å². The number of hydrogen-bond acceptors (Lipinski definition) is 3. The zero-order valence-corrected chi connectivity index (χ0v) is 8.05. The minimum atomic E-state index is -0.487. The van der Waals surface area contributed by atoms with Gasteiger partial charge < -0.3 is 11.1 Å². The molecule has 0 fully saturated rings. The van der Waals surface area contributed by atoms with Crippen LogP contribution in [0.4, 0.5) is 5.82 Å². The van der Waals surface area contributed by atoms with Crippen molar-refractivity contribution in [2.45, 2.75) is 0 Å². The average molecular weight is 230 g/mol. The van der Waals surface area contributed by atoms with Crippen molar-refractivity contribution in [3.8, 4) is 0 Å². The molecule has 0 atom stereocenters. The highest BCUT2D eigenvalue weighted by Gasteiger charge is 2.07. The fraction of sp³-hybridized carbons (Fsp3) is 0.143. The molecule has 0 spiro atoms. The predicted octanol–water partition coefficient (Wildman–Crippen LogP) is 0.985. The number of primary amides is 1. The second-order valence-corrected chi connectivity index (χ2v) is 2.96.